The van der Waals surface area contributed by atoms with Crippen LogP contribution in [0, 0.1) is 12.8 Å². The van der Waals surface area contributed by atoms with Gasteiger partial charge in [0, 0.05) is 18.9 Å². The molecule has 1 aliphatic rings. The maximum atomic E-state index is 13.1. The number of rotatable bonds is 3. The zero-order valence-electron chi connectivity index (χ0n) is 19.7. The second-order valence-corrected chi connectivity index (χ2v) is 9.41. The van der Waals surface area contributed by atoms with Crippen molar-refractivity contribution in [2.75, 3.05) is 17.2 Å². The molecule has 2 atom stereocenters. The third-order valence-corrected chi connectivity index (χ3v) is 5.30. The smallest absolute Gasteiger partial charge is 0.413 e. The second kappa shape index (κ2) is 9.97. The number of ether oxygens (including phenoxy) is 1. The summed E-state index contributed by atoms with van der Waals surface area (Å²) in [5.74, 6) is -0.706. The number of amides is 3. The average Bonchev–Trinajstić information content (AvgIpc) is 2.74. The Bertz CT molecular complexity index is 1020. The van der Waals surface area contributed by atoms with E-state index in [1.807, 2.05) is 12.1 Å². The summed E-state index contributed by atoms with van der Waals surface area (Å²) in [7, 11) is 0. The number of carbonyl (C=O) groups excluding carboxylic acids is 3. The molecule has 0 aromatic carbocycles. The van der Waals surface area contributed by atoms with Gasteiger partial charge in [0.15, 0.2) is 0 Å². The number of hydrogen-bond donors (Lipinski definition) is 2. The summed E-state index contributed by atoms with van der Waals surface area (Å²) >= 11 is 0. The van der Waals surface area contributed by atoms with Gasteiger partial charge in [-0.25, -0.2) is 9.78 Å². The van der Waals surface area contributed by atoms with Crippen molar-refractivity contribution >= 4 is 29.4 Å². The Hall–Kier alpha value is -3.49. The Labute approximate surface area is 193 Å². The molecule has 0 aliphatic carbocycles. The molecule has 9 heteroatoms. The molecule has 1 fully saturated rings. The molecule has 0 unspecified atom stereocenters. The lowest BCUT2D eigenvalue weighted by atomic mass is 9.90. The van der Waals surface area contributed by atoms with Crippen molar-refractivity contribution in [2.45, 2.75) is 59.1 Å². The average molecular weight is 454 g/mol. The highest BCUT2D eigenvalue weighted by atomic mass is 16.6. The molecule has 1 saturated heterocycles. The topological polar surface area (TPSA) is 114 Å². The lowest BCUT2D eigenvalue weighted by Crippen LogP contribution is -2.46. The molecule has 1 aliphatic heterocycles. The van der Waals surface area contributed by atoms with Crippen LogP contribution in [-0.4, -0.2) is 44.9 Å². The van der Waals surface area contributed by atoms with E-state index in [9.17, 15) is 14.4 Å². The van der Waals surface area contributed by atoms with Crippen molar-refractivity contribution in [3.05, 3.63) is 47.9 Å². The van der Waals surface area contributed by atoms with Crippen LogP contribution in [0.1, 0.15) is 57.7 Å². The number of hydrogen-bond acceptors (Lipinski definition) is 6. The number of piperidine rings is 1. The Morgan fingerprint density at radius 1 is 1.15 bits per heavy atom. The van der Waals surface area contributed by atoms with Crippen LogP contribution >= 0.6 is 0 Å². The van der Waals surface area contributed by atoms with Crippen LogP contribution in [0.2, 0.25) is 0 Å². The normalized spacial score (nSPS) is 18.4. The van der Waals surface area contributed by atoms with E-state index < -0.39 is 23.5 Å². The van der Waals surface area contributed by atoms with E-state index in [2.05, 4.69) is 27.5 Å². The van der Waals surface area contributed by atoms with Gasteiger partial charge >= 0.3 is 17.9 Å². The van der Waals surface area contributed by atoms with Crippen molar-refractivity contribution in [3.63, 3.8) is 0 Å². The first-order chi connectivity index (χ1) is 15.5. The minimum absolute atomic E-state index is 0.187. The number of carbonyl (C=O) groups is 3. The number of aryl methyl sites for hydroxylation is 1. The van der Waals surface area contributed by atoms with Gasteiger partial charge in [0.05, 0.1) is 17.9 Å². The fourth-order valence-corrected chi connectivity index (χ4v) is 3.79. The minimum atomic E-state index is -0.730. The molecule has 3 heterocycles. The fraction of sp³-hybridized carbons (Fsp3) is 0.458. The quantitative estimate of drug-likeness (QED) is 0.677. The maximum absolute atomic E-state index is 13.1. The lowest BCUT2D eigenvalue weighted by molar-refractivity contribution is -0.146. The number of anilines is 2. The van der Waals surface area contributed by atoms with Gasteiger partial charge in [0.2, 0.25) is 0 Å². The van der Waals surface area contributed by atoms with Crippen LogP contribution in [0.3, 0.4) is 0 Å². The van der Waals surface area contributed by atoms with Crippen LogP contribution in [-0.2, 0) is 14.3 Å². The standard InChI is InChI=1S/C24H31N5O4/c1-15-8-9-19(17-7-6-10-25-12-17)29(14-15)22(31)21(30)27-18-11-16(2)20(26-13-18)28-23(32)33-24(3,4)5/h6-7,10-13,15,19H,8-9,14H2,1-5H3,(H,27,30)(H,26,28,32)/t15-,19+/m0/s1. The minimum Gasteiger partial charge on any atom is -0.444 e. The first-order valence-corrected chi connectivity index (χ1v) is 11.0. The van der Waals surface area contributed by atoms with Gasteiger partial charge in [-0.3, -0.25) is 19.9 Å². The van der Waals surface area contributed by atoms with Crippen molar-refractivity contribution in [3.8, 4) is 0 Å². The van der Waals surface area contributed by atoms with Gasteiger partial charge in [-0.1, -0.05) is 13.0 Å². The van der Waals surface area contributed by atoms with E-state index in [0.29, 0.717) is 29.5 Å². The van der Waals surface area contributed by atoms with Crippen LogP contribution in [0.4, 0.5) is 16.3 Å². The van der Waals surface area contributed by atoms with Crippen LogP contribution < -0.4 is 10.6 Å². The summed E-state index contributed by atoms with van der Waals surface area (Å²) < 4.78 is 5.23. The van der Waals surface area contributed by atoms with Crippen molar-refractivity contribution in [2.24, 2.45) is 5.92 Å². The zero-order valence-corrected chi connectivity index (χ0v) is 19.7. The van der Waals surface area contributed by atoms with Gasteiger partial charge in [-0.15, -0.1) is 0 Å². The Balaban J connectivity index is 1.69. The fourth-order valence-electron chi connectivity index (χ4n) is 3.79. The molecule has 0 bridgehead atoms. The summed E-state index contributed by atoms with van der Waals surface area (Å²) in [6.07, 6.45) is 5.94. The molecule has 0 radical (unpaired) electrons. The van der Waals surface area contributed by atoms with Crippen molar-refractivity contribution in [1.82, 2.24) is 14.9 Å². The summed E-state index contributed by atoms with van der Waals surface area (Å²) in [6.45, 7) is 9.62. The van der Waals surface area contributed by atoms with E-state index in [1.54, 1.807) is 51.1 Å². The SMILES string of the molecule is Cc1cc(NC(=O)C(=O)N2C[C@@H](C)CC[C@@H]2c2cccnc2)cnc1NC(=O)OC(C)(C)C. The summed E-state index contributed by atoms with van der Waals surface area (Å²) in [4.78, 5) is 47.8. The Morgan fingerprint density at radius 3 is 2.55 bits per heavy atom. The van der Waals surface area contributed by atoms with Crippen LogP contribution in [0.5, 0.6) is 0 Å². The lowest BCUT2D eigenvalue weighted by Gasteiger charge is -2.38. The van der Waals surface area contributed by atoms with Crippen LogP contribution in [0.25, 0.3) is 0 Å². The molecule has 2 N–H and O–H groups in total. The number of nitrogens with one attached hydrogen (secondary N) is 2. The van der Waals surface area contributed by atoms with Gasteiger partial charge in [0.25, 0.3) is 0 Å². The first kappa shape index (κ1) is 24.2. The number of aromatic nitrogens is 2. The zero-order chi connectivity index (χ0) is 24.2. The summed E-state index contributed by atoms with van der Waals surface area (Å²) in [5, 5.41) is 5.22. The molecule has 0 spiro atoms. The van der Waals surface area contributed by atoms with Gasteiger partial charge in [-0.2, -0.15) is 0 Å². The molecule has 3 amide bonds. The summed E-state index contributed by atoms with van der Waals surface area (Å²) in [6, 6.07) is 5.21. The van der Waals surface area contributed by atoms with Crippen molar-refractivity contribution < 1.29 is 19.1 Å². The molecule has 9 nitrogen and oxygen atoms in total. The van der Waals surface area contributed by atoms with Crippen molar-refractivity contribution in [1.29, 1.82) is 0 Å². The van der Waals surface area contributed by atoms with Crippen LogP contribution in [0.15, 0.2) is 36.8 Å². The van der Waals surface area contributed by atoms with E-state index in [0.717, 1.165) is 18.4 Å². The highest BCUT2D eigenvalue weighted by Crippen LogP contribution is 2.33. The van der Waals surface area contributed by atoms with Gasteiger partial charge < -0.3 is 15.0 Å². The predicted molar refractivity (Wildman–Crippen MR) is 125 cm³/mol. The molecule has 33 heavy (non-hydrogen) atoms. The number of nitrogens with zero attached hydrogens (tertiary/aromatic N) is 3. The van der Waals surface area contributed by atoms with E-state index in [-0.39, 0.29) is 6.04 Å². The van der Waals surface area contributed by atoms with Gasteiger partial charge in [-0.05, 0) is 69.7 Å². The van der Waals surface area contributed by atoms with Gasteiger partial charge in [0.1, 0.15) is 11.4 Å². The molecule has 3 rings (SSSR count). The highest BCUT2D eigenvalue weighted by Gasteiger charge is 2.34. The Kier molecular flexibility index (Phi) is 7.30. The monoisotopic (exact) mass is 453 g/mol. The molecular weight excluding hydrogens is 422 g/mol. The molecule has 0 saturated carbocycles. The van der Waals surface area contributed by atoms with E-state index >= 15 is 0 Å². The van der Waals surface area contributed by atoms with E-state index in [4.69, 9.17) is 4.74 Å². The third kappa shape index (κ3) is 6.50. The highest BCUT2D eigenvalue weighted by molar-refractivity contribution is 6.39. The third-order valence-electron chi connectivity index (χ3n) is 5.30. The molecular formula is C24H31N5O4. The molecule has 2 aromatic rings. The largest absolute Gasteiger partial charge is 0.444 e. The predicted octanol–water partition coefficient (Wildman–Crippen LogP) is 4.07. The maximum Gasteiger partial charge on any atom is 0.413 e. The molecule has 176 valence electrons. The number of pyridine rings is 2. The summed E-state index contributed by atoms with van der Waals surface area (Å²) in [5.41, 5.74) is 1.27. The van der Waals surface area contributed by atoms with E-state index in [1.165, 1.54) is 6.20 Å². The first-order valence-electron chi connectivity index (χ1n) is 11.0. The molecule has 2 aromatic heterocycles. The number of likely N-dealkylation sites (tertiary alicyclic amines) is 1. The Morgan fingerprint density at radius 2 is 1.91 bits per heavy atom. The second-order valence-electron chi connectivity index (χ2n) is 9.41.